The van der Waals surface area contributed by atoms with E-state index in [0.29, 0.717) is 0 Å². The van der Waals surface area contributed by atoms with Crippen LogP contribution >= 0.6 is 35.1 Å². The van der Waals surface area contributed by atoms with Gasteiger partial charge in [-0.15, -0.1) is 23.5 Å². The SMILES string of the molecule is Clc1ccccc1N1CSc2cccc(c2)SC1. The Kier molecular flexibility index (Phi) is 3.73. The Morgan fingerprint density at radius 2 is 1.56 bits per heavy atom. The number of thioether (sulfide) groups is 2. The van der Waals surface area contributed by atoms with Crippen molar-refractivity contribution in [3.8, 4) is 0 Å². The van der Waals surface area contributed by atoms with Gasteiger partial charge in [0.1, 0.15) is 0 Å². The molecule has 4 heteroatoms. The third-order valence-corrected chi connectivity index (χ3v) is 5.15. The van der Waals surface area contributed by atoms with Crippen molar-refractivity contribution in [2.45, 2.75) is 9.79 Å². The maximum atomic E-state index is 6.27. The zero-order valence-corrected chi connectivity index (χ0v) is 12.1. The molecule has 92 valence electrons. The molecule has 2 aromatic rings. The molecule has 0 saturated heterocycles. The van der Waals surface area contributed by atoms with Crippen molar-refractivity contribution in [3.05, 3.63) is 53.6 Å². The summed E-state index contributed by atoms with van der Waals surface area (Å²) in [6.45, 7) is 0. The second-order valence-electron chi connectivity index (χ2n) is 4.01. The standard InChI is InChI=1S/C14H12ClNS2/c15-13-6-1-2-7-14(13)16-9-17-11-4-3-5-12(8-11)18-10-16/h1-8H,9-10H2. The van der Waals surface area contributed by atoms with Gasteiger partial charge in [-0.1, -0.05) is 29.8 Å². The molecule has 0 amide bonds. The minimum absolute atomic E-state index is 0.822. The second-order valence-corrected chi connectivity index (χ2v) is 6.46. The Bertz CT molecular complexity index is 536. The van der Waals surface area contributed by atoms with Gasteiger partial charge in [-0.25, -0.2) is 0 Å². The maximum absolute atomic E-state index is 6.27. The van der Waals surface area contributed by atoms with Crippen LogP contribution in [0.1, 0.15) is 0 Å². The lowest BCUT2D eigenvalue weighted by Gasteiger charge is -2.26. The monoisotopic (exact) mass is 293 g/mol. The molecule has 1 aliphatic heterocycles. The van der Waals surface area contributed by atoms with Gasteiger partial charge in [0.25, 0.3) is 0 Å². The molecule has 0 aromatic heterocycles. The van der Waals surface area contributed by atoms with E-state index in [2.05, 4.69) is 35.2 Å². The van der Waals surface area contributed by atoms with Gasteiger partial charge >= 0.3 is 0 Å². The Balaban J connectivity index is 1.86. The van der Waals surface area contributed by atoms with E-state index in [9.17, 15) is 0 Å². The average molecular weight is 294 g/mol. The molecule has 0 spiro atoms. The number of para-hydroxylation sites is 1. The molecule has 0 saturated carbocycles. The van der Waals surface area contributed by atoms with Crippen LogP contribution in [0.15, 0.2) is 58.3 Å². The highest BCUT2D eigenvalue weighted by molar-refractivity contribution is 8.00. The number of rotatable bonds is 1. The minimum Gasteiger partial charge on any atom is -0.351 e. The van der Waals surface area contributed by atoms with Gasteiger partial charge in [0.05, 0.1) is 22.5 Å². The Labute approximate surface area is 121 Å². The highest BCUT2D eigenvalue weighted by atomic mass is 35.5. The zero-order chi connectivity index (χ0) is 12.4. The van der Waals surface area contributed by atoms with Crippen molar-refractivity contribution < 1.29 is 0 Å². The van der Waals surface area contributed by atoms with Crippen LogP contribution in [0.3, 0.4) is 0 Å². The topological polar surface area (TPSA) is 3.24 Å². The van der Waals surface area contributed by atoms with Gasteiger partial charge in [-0.2, -0.15) is 0 Å². The first-order valence-electron chi connectivity index (χ1n) is 5.68. The fraction of sp³-hybridized carbons (Fsp3) is 0.143. The fourth-order valence-electron chi connectivity index (χ4n) is 1.84. The van der Waals surface area contributed by atoms with E-state index in [-0.39, 0.29) is 0 Å². The van der Waals surface area contributed by atoms with E-state index in [1.807, 2.05) is 41.7 Å². The van der Waals surface area contributed by atoms with E-state index >= 15 is 0 Å². The van der Waals surface area contributed by atoms with Crippen LogP contribution in [0.5, 0.6) is 0 Å². The molecule has 2 aromatic carbocycles. The molecule has 1 nitrogen and oxygen atoms in total. The van der Waals surface area contributed by atoms with Crippen LogP contribution in [0.2, 0.25) is 5.02 Å². The summed E-state index contributed by atoms with van der Waals surface area (Å²) in [7, 11) is 0. The van der Waals surface area contributed by atoms with Crippen molar-refractivity contribution >= 4 is 40.8 Å². The van der Waals surface area contributed by atoms with E-state index in [1.165, 1.54) is 9.79 Å². The molecule has 1 heterocycles. The molecule has 0 atom stereocenters. The number of anilines is 1. The van der Waals surface area contributed by atoms with Crippen LogP contribution in [0.4, 0.5) is 5.69 Å². The van der Waals surface area contributed by atoms with E-state index in [1.54, 1.807) is 0 Å². The number of nitrogens with zero attached hydrogens (tertiary/aromatic N) is 1. The molecular formula is C14H12ClNS2. The van der Waals surface area contributed by atoms with Crippen molar-refractivity contribution in [1.82, 2.24) is 0 Å². The maximum Gasteiger partial charge on any atom is 0.0695 e. The molecule has 0 aliphatic carbocycles. The molecule has 3 rings (SSSR count). The third-order valence-electron chi connectivity index (χ3n) is 2.77. The summed E-state index contributed by atoms with van der Waals surface area (Å²) in [6, 6.07) is 16.7. The summed E-state index contributed by atoms with van der Waals surface area (Å²) in [4.78, 5) is 4.95. The van der Waals surface area contributed by atoms with Gasteiger partial charge in [-0.05, 0) is 30.3 Å². The number of benzene rings is 2. The first-order chi connectivity index (χ1) is 8.83. The lowest BCUT2D eigenvalue weighted by molar-refractivity contribution is 1.05. The van der Waals surface area contributed by atoms with Crippen LogP contribution in [0, 0.1) is 0 Å². The zero-order valence-electron chi connectivity index (χ0n) is 9.67. The second kappa shape index (κ2) is 5.47. The molecule has 1 aliphatic rings. The van der Waals surface area contributed by atoms with Gasteiger partial charge in [0.2, 0.25) is 0 Å². The highest BCUT2D eigenvalue weighted by Crippen LogP contribution is 2.34. The summed E-state index contributed by atoms with van der Waals surface area (Å²) < 4.78 is 0. The summed E-state index contributed by atoms with van der Waals surface area (Å²) in [6.07, 6.45) is 0. The molecule has 2 bridgehead atoms. The molecule has 0 fully saturated rings. The predicted octanol–water partition coefficient (Wildman–Crippen LogP) is 4.96. The summed E-state index contributed by atoms with van der Waals surface area (Å²) in [5, 5.41) is 0.822. The fourth-order valence-corrected chi connectivity index (χ4v) is 4.13. The van der Waals surface area contributed by atoms with Gasteiger partial charge < -0.3 is 4.90 Å². The van der Waals surface area contributed by atoms with Gasteiger partial charge in [0.15, 0.2) is 0 Å². The first kappa shape index (κ1) is 12.3. The van der Waals surface area contributed by atoms with Crippen molar-refractivity contribution in [3.63, 3.8) is 0 Å². The lowest BCUT2D eigenvalue weighted by Crippen LogP contribution is -2.22. The van der Waals surface area contributed by atoms with Crippen LogP contribution in [-0.4, -0.2) is 11.8 Å². The number of hydrogen-bond donors (Lipinski definition) is 0. The van der Waals surface area contributed by atoms with Gasteiger partial charge in [0, 0.05) is 9.79 Å². The number of hydrogen-bond acceptors (Lipinski definition) is 3. The van der Waals surface area contributed by atoms with Crippen LogP contribution < -0.4 is 4.90 Å². The molecule has 0 radical (unpaired) electrons. The summed E-state index contributed by atoms with van der Waals surface area (Å²) >= 11 is 9.97. The number of fused-ring (bicyclic) bond motifs is 2. The van der Waals surface area contributed by atoms with Crippen molar-refractivity contribution in [1.29, 1.82) is 0 Å². The molecule has 18 heavy (non-hydrogen) atoms. The van der Waals surface area contributed by atoms with Gasteiger partial charge in [-0.3, -0.25) is 0 Å². The average Bonchev–Trinajstić information content (AvgIpc) is 2.39. The summed E-state index contributed by atoms with van der Waals surface area (Å²) in [5.74, 6) is 1.86. The smallest absolute Gasteiger partial charge is 0.0695 e. The first-order valence-corrected chi connectivity index (χ1v) is 8.03. The van der Waals surface area contributed by atoms with Crippen LogP contribution in [-0.2, 0) is 0 Å². The molecular weight excluding hydrogens is 282 g/mol. The van der Waals surface area contributed by atoms with Crippen molar-refractivity contribution in [2.75, 3.05) is 16.7 Å². The normalized spacial score (nSPS) is 15.1. The Morgan fingerprint density at radius 1 is 0.889 bits per heavy atom. The molecule has 0 N–H and O–H groups in total. The predicted molar refractivity (Wildman–Crippen MR) is 81.8 cm³/mol. The molecule has 0 unspecified atom stereocenters. The van der Waals surface area contributed by atoms with E-state index in [4.69, 9.17) is 11.6 Å². The van der Waals surface area contributed by atoms with Crippen molar-refractivity contribution in [2.24, 2.45) is 0 Å². The lowest BCUT2D eigenvalue weighted by atomic mass is 10.3. The largest absolute Gasteiger partial charge is 0.351 e. The van der Waals surface area contributed by atoms with E-state index < -0.39 is 0 Å². The minimum atomic E-state index is 0.822. The summed E-state index contributed by atoms with van der Waals surface area (Å²) in [5.41, 5.74) is 1.12. The Hall–Kier alpha value is -0.770. The Morgan fingerprint density at radius 3 is 2.22 bits per heavy atom. The number of halogens is 1. The third kappa shape index (κ3) is 2.63. The van der Waals surface area contributed by atoms with Crippen LogP contribution in [0.25, 0.3) is 0 Å². The van der Waals surface area contributed by atoms with E-state index in [0.717, 1.165) is 22.5 Å². The quantitative estimate of drug-likeness (QED) is 0.731. The highest BCUT2D eigenvalue weighted by Gasteiger charge is 2.13.